The van der Waals surface area contributed by atoms with Gasteiger partial charge in [-0.2, -0.15) is 9.13 Å². The summed E-state index contributed by atoms with van der Waals surface area (Å²) in [5.74, 6) is 0. The van der Waals surface area contributed by atoms with Crippen LogP contribution in [0.2, 0.25) is 0 Å². The Labute approximate surface area is 165 Å². The highest BCUT2D eigenvalue weighted by atomic mass is 15.2. The molecule has 4 aromatic rings. The molecule has 1 unspecified atom stereocenters. The number of nitrogens with zero attached hydrogens (tertiary/aromatic N) is 2. The van der Waals surface area contributed by atoms with Crippen molar-refractivity contribution in [3.63, 3.8) is 0 Å². The van der Waals surface area contributed by atoms with E-state index in [9.17, 15) is 0 Å². The SMILES string of the molecule is CC1(C)[n+]2ccccc2-c2ccccc2C12c1ccccc1-c1cccc[n+]12. The second-order valence-electron chi connectivity index (χ2n) is 8.27. The van der Waals surface area contributed by atoms with Crippen LogP contribution in [0.3, 0.4) is 0 Å². The first kappa shape index (κ1) is 15.8. The summed E-state index contributed by atoms with van der Waals surface area (Å²) in [6.45, 7) is 4.75. The topological polar surface area (TPSA) is 7.76 Å². The molecule has 2 aromatic carbocycles. The van der Waals surface area contributed by atoms with Gasteiger partial charge in [-0.05, 0) is 24.3 Å². The second-order valence-corrected chi connectivity index (χ2v) is 8.27. The van der Waals surface area contributed by atoms with Gasteiger partial charge in [0.2, 0.25) is 16.9 Å². The molecule has 2 aromatic heterocycles. The van der Waals surface area contributed by atoms with Gasteiger partial charge in [0.25, 0.3) is 5.54 Å². The van der Waals surface area contributed by atoms with Crippen molar-refractivity contribution in [2.45, 2.75) is 24.9 Å². The van der Waals surface area contributed by atoms with Gasteiger partial charge in [0.05, 0.1) is 11.1 Å². The molecule has 2 aliphatic heterocycles. The molecule has 1 spiro atoms. The Bertz CT molecular complexity index is 1210. The molecule has 0 saturated heterocycles. The Balaban J connectivity index is 1.87. The number of hydrogen-bond donors (Lipinski definition) is 0. The summed E-state index contributed by atoms with van der Waals surface area (Å²) in [4.78, 5) is 0. The number of pyridine rings is 2. The second kappa shape index (κ2) is 5.17. The van der Waals surface area contributed by atoms with E-state index in [1.165, 1.54) is 33.6 Å². The Hall–Kier alpha value is -3.26. The van der Waals surface area contributed by atoms with Crippen molar-refractivity contribution in [1.29, 1.82) is 0 Å². The fourth-order valence-corrected chi connectivity index (χ4v) is 5.68. The molecule has 1 atom stereocenters. The lowest BCUT2D eigenvalue weighted by atomic mass is 9.65. The molecule has 2 nitrogen and oxygen atoms in total. The van der Waals surface area contributed by atoms with Crippen LogP contribution in [0, 0.1) is 0 Å². The minimum absolute atomic E-state index is 0.203. The first-order chi connectivity index (χ1) is 13.7. The molecule has 6 rings (SSSR count). The van der Waals surface area contributed by atoms with Crippen LogP contribution in [0.4, 0.5) is 0 Å². The number of rotatable bonds is 0. The van der Waals surface area contributed by atoms with Gasteiger partial charge in [0.15, 0.2) is 12.4 Å². The smallest absolute Gasteiger partial charge is 0.185 e. The molecule has 2 aliphatic rings. The van der Waals surface area contributed by atoms with Crippen molar-refractivity contribution >= 4 is 0 Å². The van der Waals surface area contributed by atoms with E-state index in [1.807, 2.05) is 0 Å². The van der Waals surface area contributed by atoms with Crippen LogP contribution in [-0.2, 0) is 11.1 Å². The standard InChI is InChI=1S/C26H22N2/c1-25(2)26(21-13-5-3-11-19(21)23-15-7-9-17-27(23)25)22-14-6-4-12-20(22)24-16-8-10-18-28(24)26/h3-18H,1-2H3/q+2. The van der Waals surface area contributed by atoms with Crippen LogP contribution in [0.15, 0.2) is 97.3 Å². The summed E-state index contributed by atoms with van der Waals surface area (Å²) in [6, 6.07) is 30.9. The molecule has 4 heterocycles. The lowest BCUT2D eigenvalue weighted by Gasteiger charge is -2.40. The highest BCUT2D eigenvalue weighted by Crippen LogP contribution is 2.53. The molecule has 0 fully saturated rings. The maximum absolute atomic E-state index is 2.50. The summed E-state index contributed by atoms with van der Waals surface area (Å²) in [6.07, 6.45) is 4.49. The summed E-state index contributed by atoms with van der Waals surface area (Å²) < 4.78 is 4.96. The molecule has 0 radical (unpaired) electrons. The molecule has 134 valence electrons. The Morgan fingerprint density at radius 2 is 1.00 bits per heavy atom. The zero-order valence-electron chi connectivity index (χ0n) is 16.1. The van der Waals surface area contributed by atoms with Crippen LogP contribution in [-0.4, -0.2) is 0 Å². The quantitative estimate of drug-likeness (QED) is 0.408. The Kier molecular flexibility index (Phi) is 2.91. The number of aromatic nitrogens is 2. The third-order valence-corrected chi connectivity index (χ3v) is 6.75. The largest absolute Gasteiger partial charge is 0.283 e. The highest BCUT2D eigenvalue weighted by Gasteiger charge is 2.70. The Morgan fingerprint density at radius 3 is 1.61 bits per heavy atom. The van der Waals surface area contributed by atoms with E-state index in [-0.39, 0.29) is 11.1 Å². The maximum atomic E-state index is 2.50. The van der Waals surface area contributed by atoms with Gasteiger partial charge in [-0.1, -0.05) is 36.4 Å². The van der Waals surface area contributed by atoms with Crippen LogP contribution < -0.4 is 9.13 Å². The van der Waals surface area contributed by atoms with Crippen LogP contribution in [0.5, 0.6) is 0 Å². The van der Waals surface area contributed by atoms with Crippen LogP contribution in [0.1, 0.15) is 25.0 Å². The first-order valence-electron chi connectivity index (χ1n) is 9.89. The molecule has 0 amide bonds. The van der Waals surface area contributed by atoms with Gasteiger partial charge in [0, 0.05) is 49.2 Å². The molecule has 2 heteroatoms. The Morgan fingerprint density at radius 1 is 0.536 bits per heavy atom. The highest BCUT2D eigenvalue weighted by molar-refractivity contribution is 5.73. The van der Waals surface area contributed by atoms with E-state index in [2.05, 4.69) is 120 Å². The van der Waals surface area contributed by atoms with Crippen LogP contribution in [0.25, 0.3) is 22.5 Å². The summed E-state index contributed by atoms with van der Waals surface area (Å²) in [5.41, 5.74) is 7.42. The summed E-state index contributed by atoms with van der Waals surface area (Å²) >= 11 is 0. The monoisotopic (exact) mass is 362 g/mol. The lowest BCUT2D eigenvalue weighted by molar-refractivity contribution is -0.850. The number of fused-ring (bicyclic) bond motifs is 9. The molecule has 0 bridgehead atoms. The van der Waals surface area contributed by atoms with E-state index >= 15 is 0 Å². The van der Waals surface area contributed by atoms with E-state index in [1.54, 1.807) is 0 Å². The number of benzene rings is 2. The average molecular weight is 362 g/mol. The number of hydrogen-bond acceptors (Lipinski definition) is 0. The predicted molar refractivity (Wildman–Crippen MR) is 110 cm³/mol. The zero-order chi connectivity index (χ0) is 18.9. The van der Waals surface area contributed by atoms with Gasteiger partial charge < -0.3 is 0 Å². The normalized spacial score (nSPS) is 20.2. The fourth-order valence-electron chi connectivity index (χ4n) is 5.68. The third kappa shape index (κ3) is 1.61. The summed E-state index contributed by atoms with van der Waals surface area (Å²) in [5, 5.41) is 0. The molecule has 28 heavy (non-hydrogen) atoms. The third-order valence-electron chi connectivity index (χ3n) is 6.75. The van der Waals surface area contributed by atoms with Crippen LogP contribution >= 0.6 is 0 Å². The van der Waals surface area contributed by atoms with Gasteiger partial charge in [-0.15, -0.1) is 0 Å². The predicted octanol–water partition coefficient (Wildman–Crippen LogP) is 4.45. The maximum Gasteiger partial charge on any atom is 0.283 e. The fraction of sp³-hybridized carbons (Fsp3) is 0.154. The molecule has 0 saturated carbocycles. The van der Waals surface area contributed by atoms with E-state index < -0.39 is 0 Å². The van der Waals surface area contributed by atoms with Crippen molar-refractivity contribution in [3.8, 4) is 22.5 Å². The van der Waals surface area contributed by atoms with Crippen molar-refractivity contribution in [2.24, 2.45) is 0 Å². The van der Waals surface area contributed by atoms with Gasteiger partial charge in [-0.25, -0.2) is 0 Å². The van der Waals surface area contributed by atoms with Crippen molar-refractivity contribution in [1.82, 2.24) is 0 Å². The van der Waals surface area contributed by atoms with Crippen molar-refractivity contribution < 1.29 is 9.13 Å². The van der Waals surface area contributed by atoms with E-state index in [4.69, 9.17) is 0 Å². The molecule has 0 N–H and O–H groups in total. The first-order valence-corrected chi connectivity index (χ1v) is 9.89. The molecule has 0 aliphatic carbocycles. The summed E-state index contributed by atoms with van der Waals surface area (Å²) in [7, 11) is 0. The molecular formula is C26H22N2+2. The van der Waals surface area contributed by atoms with Gasteiger partial charge in [-0.3, -0.25) is 0 Å². The zero-order valence-corrected chi connectivity index (χ0v) is 16.1. The van der Waals surface area contributed by atoms with Crippen molar-refractivity contribution in [2.75, 3.05) is 0 Å². The van der Waals surface area contributed by atoms with E-state index in [0.717, 1.165) is 0 Å². The lowest BCUT2D eigenvalue weighted by Crippen LogP contribution is -2.76. The van der Waals surface area contributed by atoms with Gasteiger partial charge >= 0.3 is 0 Å². The minimum Gasteiger partial charge on any atom is -0.185 e. The van der Waals surface area contributed by atoms with Gasteiger partial charge in [0.1, 0.15) is 0 Å². The molecular weight excluding hydrogens is 340 g/mol. The average Bonchev–Trinajstić information content (AvgIpc) is 3.05. The minimum atomic E-state index is -0.310. The van der Waals surface area contributed by atoms with Crippen molar-refractivity contribution in [3.05, 3.63) is 108 Å². The van der Waals surface area contributed by atoms with E-state index in [0.29, 0.717) is 0 Å².